The number of hydrogen-bond acceptors (Lipinski definition) is 7. The number of aliphatic hydroxyl groups is 1. The van der Waals surface area contributed by atoms with Gasteiger partial charge in [-0.25, -0.2) is 4.79 Å². The summed E-state index contributed by atoms with van der Waals surface area (Å²) < 4.78 is 5.38. The minimum Gasteiger partial charge on any atom is -0.422 e. The third kappa shape index (κ3) is 5.02. The average molecular weight is 421 g/mol. The average Bonchev–Trinajstić information content (AvgIpc) is 2.80. The lowest BCUT2D eigenvalue weighted by atomic mass is 9.96. The zero-order chi connectivity index (χ0) is 21.6. The molecule has 7 heteroatoms. The Kier molecular flexibility index (Phi) is 6.76. The number of nitrogens with one attached hydrogen (secondary N) is 1. The molecule has 0 amide bonds. The van der Waals surface area contributed by atoms with E-state index in [0.29, 0.717) is 17.9 Å². The number of hydrogen-bond donors (Lipinski definition) is 2. The highest BCUT2D eigenvalue weighted by Crippen LogP contribution is 2.32. The minimum atomic E-state index is -0.630. The standard InChI is InChI=1S/C24H27N3O4/c28-15-14-27-12-10-26(11-13-27)9-8-25-17-21-23(29)20-16-19(18-4-2-1-3-5-18)6-7-22(20)31-24(21)30/h1-7,16-17,25,28H,8-15H2. The molecule has 1 saturated heterocycles. The van der Waals surface area contributed by atoms with Crippen molar-refractivity contribution in [2.45, 2.75) is 0 Å². The summed E-state index contributed by atoms with van der Waals surface area (Å²) in [6.07, 6.45) is 1.48. The second-order valence-electron chi connectivity index (χ2n) is 7.71. The van der Waals surface area contributed by atoms with Gasteiger partial charge < -0.3 is 15.2 Å². The van der Waals surface area contributed by atoms with Crippen LogP contribution in [-0.2, 0) is 4.79 Å². The molecule has 2 heterocycles. The van der Waals surface area contributed by atoms with Crippen molar-refractivity contribution in [3.05, 3.63) is 65.9 Å². The molecule has 0 radical (unpaired) electrons. The van der Waals surface area contributed by atoms with Gasteiger partial charge in [0.2, 0.25) is 5.78 Å². The normalized spacial score (nSPS) is 18.7. The Morgan fingerprint density at radius 2 is 1.65 bits per heavy atom. The van der Waals surface area contributed by atoms with Crippen molar-refractivity contribution in [3.63, 3.8) is 0 Å². The van der Waals surface area contributed by atoms with Crippen molar-refractivity contribution in [2.24, 2.45) is 0 Å². The van der Waals surface area contributed by atoms with E-state index in [2.05, 4.69) is 15.1 Å². The molecule has 4 rings (SSSR count). The van der Waals surface area contributed by atoms with Crippen LogP contribution in [0.15, 0.2) is 60.3 Å². The Bertz CT molecular complexity index is 966. The van der Waals surface area contributed by atoms with Gasteiger partial charge in [0.15, 0.2) is 0 Å². The number of piperazine rings is 1. The van der Waals surface area contributed by atoms with Crippen LogP contribution >= 0.6 is 0 Å². The molecule has 2 aromatic rings. The van der Waals surface area contributed by atoms with Gasteiger partial charge in [0.1, 0.15) is 11.3 Å². The molecule has 2 aromatic carbocycles. The van der Waals surface area contributed by atoms with Gasteiger partial charge in [-0.2, -0.15) is 0 Å². The predicted octanol–water partition coefficient (Wildman–Crippen LogP) is 1.54. The summed E-state index contributed by atoms with van der Waals surface area (Å²) in [5.74, 6) is -0.656. The van der Waals surface area contributed by atoms with Gasteiger partial charge in [-0.3, -0.25) is 14.6 Å². The number of Topliss-reactive ketones (excluding diaryl/α,β-unsaturated/α-hetero) is 1. The molecular formula is C24H27N3O4. The first kappa shape index (κ1) is 21.2. The molecule has 0 aliphatic carbocycles. The molecule has 2 aliphatic heterocycles. The molecule has 0 saturated carbocycles. The lowest BCUT2D eigenvalue weighted by molar-refractivity contribution is -0.130. The maximum atomic E-state index is 13.0. The van der Waals surface area contributed by atoms with Crippen LogP contribution in [0, 0.1) is 0 Å². The van der Waals surface area contributed by atoms with Crippen molar-refractivity contribution in [3.8, 4) is 16.9 Å². The quantitative estimate of drug-likeness (QED) is 0.231. The monoisotopic (exact) mass is 421 g/mol. The molecule has 31 heavy (non-hydrogen) atoms. The molecule has 0 aromatic heterocycles. The van der Waals surface area contributed by atoms with Gasteiger partial charge in [-0.1, -0.05) is 36.4 Å². The van der Waals surface area contributed by atoms with E-state index < -0.39 is 5.97 Å². The van der Waals surface area contributed by atoms with Crippen LogP contribution in [0.3, 0.4) is 0 Å². The molecule has 2 N–H and O–H groups in total. The van der Waals surface area contributed by atoms with E-state index in [0.717, 1.165) is 50.4 Å². The Morgan fingerprint density at radius 1 is 0.935 bits per heavy atom. The number of nitrogens with zero attached hydrogens (tertiary/aromatic N) is 2. The van der Waals surface area contributed by atoms with E-state index in [9.17, 15) is 9.59 Å². The molecular weight excluding hydrogens is 394 g/mol. The zero-order valence-corrected chi connectivity index (χ0v) is 17.4. The number of fused-ring (bicyclic) bond motifs is 1. The molecule has 2 aliphatic rings. The van der Waals surface area contributed by atoms with Crippen molar-refractivity contribution in [1.29, 1.82) is 0 Å². The summed E-state index contributed by atoms with van der Waals surface area (Å²) >= 11 is 0. The molecule has 0 bridgehead atoms. The summed E-state index contributed by atoms with van der Waals surface area (Å²) in [5.41, 5.74) is 2.32. The van der Waals surface area contributed by atoms with Gasteiger partial charge >= 0.3 is 5.97 Å². The van der Waals surface area contributed by atoms with Crippen LogP contribution in [0.2, 0.25) is 0 Å². The summed E-state index contributed by atoms with van der Waals surface area (Å²) in [4.78, 5) is 29.8. The number of aliphatic hydroxyl groups excluding tert-OH is 1. The van der Waals surface area contributed by atoms with Crippen molar-refractivity contribution < 1.29 is 19.4 Å². The number of ether oxygens (including phenoxy) is 1. The van der Waals surface area contributed by atoms with Crippen LogP contribution in [0.1, 0.15) is 10.4 Å². The highest BCUT2D eigenvalue weighted by molar-refractivity contribution is 6.27. The van der Waals surface area contributed by atoms with E-state index >= 15 is 0 Å². The highest BCUT2D eigenvalue weighted by Gasteiger charge is 2.31. The summed E-state index contributed by atoms with van der Waals surface area (Å²) in [5, 5.41) is 12.1. The topological polar surface area (TPSA) is 82.1 Å². The number of rotatable bonds is 7. The van der Waals surface area contributed by atoms with Gasteiger partial charge in [0.25, 0.3) is 0 Å². The van der Waals surface area contributed by atoms with E-state index in [-0.39, 0.29) is 18.0 Å². The van der Waals surface area contributed by atoms with Crippen molar-refractivity contribution in [1.82, 2.24) is 15.1 Å². The molecule has 0 atom stereocenters. The summed E-state index contributed by atoms with van der Waals surface area (Å²) in [6.45, 7) is 6.10. The number of carbonyl (C=O) groups excluding carboxylic acids is 2. The molecule has 0 spiro atoms. The largest absolute Gasteiger partial charge is 0.422 e. The van der Waals surface area contributed by atoms with E-state index in [1.807, 2.05) is 36.4 Å². The van der Waals surface area contributed by atoms with Gasteiger partial charge in [-0.05, 0) is 23.3 Å². The van der Waals surface area contributed by atoms with Crippen LogP contribution < -0.4 is 10.1 Å². The van der Waals surface area contributed by atoms with Gasteiger partial charge in [0, 0.05) is 52.0 Å². The lowest BCUT2D eigenvalue weighted by Gasteiger charge is -2.34. The van der Waals surface area contributed by atoms with E-state index in [1.54, 1.807) is 12.1 Å². The number of esters is 1. The zero-order valence-electron chi connectivity index (χ0n) is 17.4. The van der Waals surface area contributed by atoms with Crippen LogP contribution in [0.5, 0.6) is 5.75 Å². The fourth-order valence-corrected chi connectivity index (χ4v) is 3.90. The van der Waals surface area contributed by atoms with E-state index in [4.69, 9.17) is 9.84 Å². The van der Waals surface area contributed by atoms with Gasteiger partial charge in [-0.15, -0.1) is 0 Å². The van der Waals surface area contributed by atoms with Gasteiger partial charge in [0.05, 0.1) is 12.2 Å². The first-order chi connectivity index (χ1) is 15.2. The molecule has 0 unspecified atom stereocenters. The minimum absolute atomic E-state index is 0.0190. The SMILES string of the molecule is O=C1Oc2ccc(-c3ccccc3)cc2C(=O)C1=CNCCN1CCN(CCO)CC1. The van der Waals surface area contributed by atoms with Crippen LogP contribution in [-0.4, -0.2) is 79.1 Å². The first-order valence-corrected chi connectivity index (χ1v) is 10.6. The van der Waals surface area contributed by atoms with Crippen molar-refractivity contribution >= 4 is 11.8 Å². The van der Waals surface area contributed by atoms with Crippen LogP contribution in [0.25, 0.3) is 11.1 Å². The predicted molar refractivity (Wildman–Crippen MR) is 118 cm³/mol. The second-order valence-corrected chi connectivity index (χ2v) is 7.71. The summed E-state index contributed by atoms with van der Waals surface area (Å²) in [7, 11) is 0. The molecule has 7 nitrogen and oxygen atoms in total. The number of ketones is 1. The molecule has 162 valence electrons. The number of benzene rings is 2. The Hall–Kier alpha value is -3.00. The third-order valence-corrected chi connectivity index (χ3v) is 5.70. The number of β-amino-alcohol motifs (C(OH)–C–C–N with tert-alkyl or cyclic N) is 1. The lowest BCUT2D eigenvalue weighted by Crippen LogP contribution is -2.48. The Balaban J connectivity index is 1.37. The Labute approximate surface area is 181 Å². The number of carbonyl (C=O) groups is 2. The first-order valence-electron chi connectivity index (χ1n) is 10.6. The fourth-order valence-electron chi connectivity index (χ4n) is 3.90. The maximum absolute atomic E-state index is 13.0. The fraction of sp³-hybridized carbons (Fsp3) is 0.333. The smallest absolute Gasteiger partial charge is 0.349 e. The summed E-state index contributed by atoms with van der Waals surface area (Å²) in [6, 6.07) is 15.1. The van der Waals surface area contributed by atoms with Crippen LogP contribution in [0.4, 0.5) is 0 Å². The maximum Gasteiger partial charge on any atom is 0.349 e. The highest BCUT2D eigenvalue weighted by atomic mass is 16.5. The second kappa shape index (κ2) is 9.87. The third-order valence-electron chi connectivity index (χ3n) is 5.70. The Morgan fingerprint density at radius 3 is 2.35 bits per heavy atom. The van der Waals surface area contributed by atoms with E-state index in [1.165, 1.54) is 6.20 Å². The van der Waals surface area contributed by atoms with Crippen molar-refractivity contribution in [2.75, 3.05) is 52.4 Å². The molecule has 1 fully saturated rings.